The van der Waals surface area contributed by atoms with Crippen LogP contribution < -0.4 is 5.56 Å². The third-order valence-electron chi connectivity index (χ3n) is 4.30. The van der Waals surface area contributed by atoms with Crippen LogP contribution in [0.4, 0.5) is 0 Å². The first-order valence-corrected chi connectivity index (χ1v) is 8.21. The molecule has 0 atom stereocenters. The third-order valence-corrected chi connectivity index (χ3v) is 4.30. The van der Waals surface area contributed by atoms with Crippen molar-refractivity contribution >= 4 is 11.8 Å². The first-order chi connectivity index (χ1) is 12.0. The van der Waals surface area contributed by atoms with Crippen LogP contribution in [-0.4, -0.2) is 57.6 Å². The van der Waals surface area contributed by atoms with Crippen molar-refractivity contribution < 1.29 is 9.59 Å². The zero-order valence-electron chi connectivity index (χ0n) is 14.1. The average Bonchev–Trinajstić information content (AvgIpc) is 2.64. The van der Waals surface area contributed by atoms with E-state index in [1.165, 1.54) is 17.7 Å². The molecule has 0 N–H and O–H groups in total. The summed E-state index contributed by atoms with van der Waals surface area (Å²) in [6.45, 7) is 3.42. The number of amides is 2. The van der Waals surface area contributed by atoms with Gasteiger partial charge in [0.05, 0.1) is 5.69 Å². The van der Waals surface area contributed by atoms with Crippen LogP contribution in [0.3, 0.4) is 0 Å². The van der Waals surface area contributed by atoms with Gasteiger partial charge in [-0.15, -0.1) is 0 Å². The SMILES string of the molecule is CC(=O)N1CCN(C(=O)Cn2nc(-c3ccccc3)ccc2=O)CC1. The monoisotopic (exact) mass is 340 g/mol. The highest BCUT2D eigenvalue weighted by Gasteiger charge is 2.22. The fourth-order valence-electron chi connectivity index (χ4n) is 2.82. The molecule has 1 aliphatic rings. The van der Waals surface area contributed by atoms with E-state index in [1.807, 2.05) is 30.3 Å². The van der Waals surface area contributed by atoms with E-state index in [4.69, 9.17) is 0 Å². The van der Waals surface area contributed by atoms with Crippen LogP contribution >= 0.6 is 0 Å². The highest BCUT2D eigenvalue weighted by molar-refractivity contribution is 5.77. The Morgan fingerprint density at radius 3 is 2.24 bits per heavy atom. The molecule has 2 amide bonds. The van der Waals surface area contributed by atoms with Gasteiger partial charge in [-0.05, 0) is 6.07 Å². The Kier molecular flexibility index (Phi) is 4.92. The van der Waals surface area contributed by atoms with Crippen molar-refractivity contribution in [3.63, 3.8) is 0 Å². The molecular formula is C18H20N4O3. The fraction of sp³-hybridized carbons (Fsp3) is 0.333. The summed E-state index contributed by atoms with van der Waals surface area (Å²) in [6, 6.07) is 12.6. The summed E-state index contributed by atoms with van der Waals surface area (Å²) in [5.74, 6) is -0.149. The first kappa shape index (κ1) is 16.9. The van der Waals surface area contributed by atoms with Gasteiger partial charge in [0.2, 0.25) is 11.8 Å². The Morgan fingerprint density at radius 1 is 0.960 bits per heavy atom. The number of aromatic nitrogens is 2. The van der Waals surface area contributed by atoms with E-state index in [0.717, 1.165) is 5.56 Å². The number of carbonyl (C=O) groups is 2. The largest absolute Gasteiger partial charge is 0.339 e. The molecule has 0 unspecified atom stereocenters. The molecule has 1 aromatic heterocycles. The minimum Gasteiger partial charge on any atom is -0.339 e. The zero-order valence-corrected chi connectivity index (χ0v) is 14.1. The fourth-order valence-corrected chi connectivity index (χ4v) is 2.82. The summed E-state index contributed by atoms with van der Waals surface area (Å²) < 4.78 is 1.20. The van der Waals surface area contributed by atoms with Gasteiger partial charge in [0.25, 0.3) is 5.56 Å². The van der Waals surface area contributed by atoms with E-state index in [2.05, 4.69) is 5.10 Å². The number of hydrogen-bond donors (Lipinski definition) is 0. The molecule has 1 saturated heterocycles. The van der Waals surface area contributed by atoms with E-state index in [1.54, 1.807) is 15.9 Å². The Labute approximate surface area is 145 Å². The average molecular weight is 340 g/mol. The van der Waals surface area contributed by atoms with Crippen molar-refractivity contribution in [2.45, 2.75) is 13.5 Å². The molecule has 7 heteroatoms. The van der Waals surface area contributed by atoms with Crippen LogP contribution in [0.25, 0.3) is 11.3 Å². The van der Waals surface area contributed by atoms with Crippen LogP contribution in [0.5, 0.6) is 0 Å². The van der Waals surface area contributed by atoms with Crippen molar-refractivity contribution in [3.05, 3.63) is 52.8 Å². The summed E-state index contributed by atoms with van der Waals surface area (Å²) in [5.41, 5.74) is 1.23. The Bertz CT molecular complexity index is 824. The number of nitrogens with zero attached hydrogens (tertiary/aromatic N) is 4. The second-order valence-corrected chi connectivity index (χ2v) is 5.97. The molecule has 0 radical (unpaired) electrons. The number of carbonyl (C=O) groups excluding carboxylic acids is 2. The maximum atomic E-state index is 12.5. The van der Waals surface area contributed by atoms with Crippen molar-refractivity contribution in [1.82, 2.24) is 19.6 Å². The minimum absolute atomic E-state index is 0.0144. The molecule has 2 heterocycles. The molecule has 1 fully saturated rings. The normalized spacial score (nSPS) is 14.4. The second kappa shape index (κ2) is 7.29. The lowest BCUT2D eigenvalue weighted by Crippen LogP contribution is -2.51. The minimum atomic E-state index is -0.310. The predicted octanol–water partition coefficient (Wildman–Crippen LogP) is 0.601. The number of piperazine rings is 1. The lowest BCUT2D eigenvalue weighted by molar-refractivity contribution is -0.139. The van der Waals surface area contributed by atoms with Crippen molar-refractivity contribution in [2.75, 3.05) is 26.2 Å². The highest BCUT2D eigenvalue weighted by atomic mass is 16.2. The molecular weight excluding hydrogens is 320 g/mol. The van der Waals surface area contributed by atoms with Crippen LogP contribution in [-0.2, 0) is 16.1 Å². The number of benzene rings is 1. The quantitative estimate of drug-likeness (QED) is 0.820. The Hall–Kier alpha value is -2.96. The van der Waals surface area contributed by atoms with Crippen molar-refractivity contribution in [1.29, 1.82) is 0 Å². The number of hydrogen-bond acceptors (Lipinski definition) is 4. The van der Waals surface area contributed by atoms with Crippen LogP contribution in [0.2, 0.25) is 0 Å². The second-order valence-electron chi connectivity index (χ2n) is 5.97. The molecule has 2 aromatic rings. The van der Waals surface area contributed by atoms with Gasteiger partial charge < -0.3 is 9.80 Å². The molecule has 25 heavy (non-hydrogen) atoms. The Balaban J connectivity index is 1.71. The van der Waals surface area contributed by atoms with Crippen molar-refractivity contribution in [3.8, 4) is 11.3 Å². The van der Waals surface area contributed by atoms with E-state index >= 15 is 0 Å². The standard InChI is InChI=1S/C18H20N4O3/c1-14(23)20-9-11-21(12-10-20)18(25)13-22-17(24)8-7-16(19-22)15-5-3-2-4-6-15/h2-8H,9-13H2,1H3. The summed E-state index contributed by atoms with van der Waals surface area (Å²) in [4.78, 5) is 39.2. The molecule has 130 valence electrons. The molecule has 1 aliphatic heterocycles. The molecule has 1 aromatic carbocycles. The molecule has 7 nitrogen and oxygen atoms in total. The van der Waals surface area contributed by atoms with E-state index < -0.39 is 0 Å². The number of rotatable bonds is 3. The third kappa shape index (κ3) is 3.93. The predicted molar refractivity (Wildman–Crippen MR) is 92.8 cm³/mol. The van der Waals surface area contributed by atoms with Crippen LogP contribution in [0.15, 0.2) is 47.3 Å². The summed E-state index contributed by atoms with van der Waals surface area (Å²) >= 11 is 0. The van der Waals surface area contributed by atoms with Gasteiger partial charge in [-0.25, -0.2) is 4.68 Å². The zero-order chi connectivity index (χ0) is 17.8. The molecule has 0 aliphatic carbocycles. The lowest BCUT2D eigenvalue weighted by atomic mass is 10.1. The van der Waals surface area contributed by atoms with E-state index in [-0.39, 0.29) is 23.9 Å². The maximum Gasteiger partial charge on any atom is 0.267 e. The van der Waals surface area contributed by atoms with Gasteiger partial charge in [0.1, 0.15) is 6.54 Å². The molecule has 0 saturated carbocycles. The first-order valence-electron chi connectivity index (χ1n) is 8.21. The lowest BCUT2D eigenvalue weighted by Gasteiger charge is -2.34. The van der Waals surface area contributed by atoms with Gasteiger partial charge >= 0.3 is 0 Å². The summed E-state index contributed by atoms with van der Waals surface area (Å²) in [5, 5.41) is 4.31. The van der Waals surface area contributed by atoms with Crippen LogP contribution in [0, 0.1) is 0 Å². The smallest absolute Gasteiger partial charge is 0.267 e. The molecule has 0 spiro atoms. The van der Waals surface area contributed by atoms with Gasteiger partial charge in [-0.1, -0.05) is 30.3 Å². The summed E-state index contributed by atoms with van der Waals surface area (Å²) in [6.07, 6.45) is 0. The maximum absolute atomic E-state index is 12.5. The van der Waals surface area contributed by atoms with E-state index in [0.29, 0.717) is 31.9 Å². The van der Waals surface area contributed by atoms with Gasteiger partial charge in [-0.3, -0.25) is 14.4 Å². The van der Waals surface area contributed by atoms with Gasteiger partial charge in [0.15, 0.2) is 0 Å². The van der Waals surface area contributed by atoms with Gasteiger partial charge in [-0.2, -0.15) is 5.10 Å². The Morgan fingerprint density at radius 2 is 1.60 bits per heavy atom. The van der Waals surface area contributed by atoms with Gasteiger partial charge in [0, 0.05) is 44.7 Å². The topological polar surface area (TPSA) is 75.5 Å². The summed E-state index contributed by atoms with van der Waals surface area (Å²) in [7, 11) is 0. The molecule has 0 bridgehead atoms. The van der Waals surface area contributed by atoms with E-state index in [9.17, 15) is 14.4 Å². The molecule has 3 rings (SSSR count). The van der Waals surface area contributed by atoms with Crippen LogP contribution in [0.1, 0.15) is 6.92 Å². The highest BCUT2D eigenvalue weighted by Crippen LogP contribution is 2.14. The van der Waals surface area contributed by atoms with Crippen molar-refractivity contribution in [2.24, 2.45) is 0 Å².